The first-order chi connectivity index (χ1) is 12.7. The Hall–Kier alpha value is -1.59. The zero-order valence-electron chi connectivity index (χ0n) is 15.9. The van der Waals surface area contributed by atoms with Crippen LogP contribution in [0.25, 0.3) is 0 Å². The van der Waals surface area contributed by atoms with Crippen LogP contribution in [0.5, 0.6) is 5.75 Å². The van der Waals surface area contributed by atoms with Gasteiger partial charge in [-0.2, -0.15) is 0 Å². The number of ether oxygens (including phenoxy) is 1. The van der Waals surface area contributed by atoms with Crippen LogP contribution in [-0.4, -0.2) is 66.8 Å². The average Bonchev–Trinajstić information content (AvgIpc) is 2.68. The number of likely N-dealkylation sites (tertiary alicyclic amines) is 2. The van der Waals surface area contributed by atoms with Crippen molar-refractivity contribution in [3.05, 3.63) is 29.8 Å². The van der Waals surface area contributed by atoms with Gasteiger partial charge in [-0.3, -0.25) is 4.79 Å². The van der Waals surface area contributed by atoms with Gasteiger partial charge in [-0.05, 0) is 57.3 Å². The summed E-state index contributed by atoms with van der Waals surface area (Å²) in [4.78, 5) is 17.2. The minimum absolute atomic E-state index is 0.154. The third-order valence-corrected chi connectivity index (χ3v) is 5.75. The first-order valence-electron chi connectivity index (χ1n) is 9.98. The van der Waals surface area contributed by atoms with E-state index in [-0.39, 0.29) is 12.5 Å². The second-order valence-corrected chi connectivity index (χ2v) is 7.71. The number of aryl methyl sites for hydroxylation is 1. The third-order valence-electron chi connectivity index (χ3n) is 5.75. The first-order valence-corrected chi connectivity index (χ1v) is 9.98. The number of β-amino-alcohol motifs (C(OH)–C–C–N with tert-alkyl or cyclic N) is 1. The minimum Gasteiger partial charge on any atom is -0.493 e. The minimum atomic E-state index is 0.154. The molecule has 2 heterocycles. The normalized spacial score (nSPS) is 22.4. The summed E-state index contributed by atoms with van der Waals surface area (Å²) in [5.41, 5.74) is 1.16. The molecular formula is C21H32N2O3. The van der Waals surface area contributed by atoms with E-state index in [2.05, 4.69) is 22.8 Å². The highest BCUT2D eigenvalue weighted by atomic mass is 16.5. The van der Waals surface area contributed by atoms with Crippen LogP contribution < -0.4 is 4.74 Å². The van der Waals surface area contributed by atoms with Gasteiger partial charge in [-0.15, -0.1) is 0 Å². The van der Waals surface area contributed by atoms with Gasteiger partial charge in [0.25, 0.3) is 0 Å². The summed E-state index contributed by atoms with van der Waals surface area (Å²) in [7, 11) is 0. The molecule has 0 saturated carbocycles. The molecule has 0 aromatic heterocycles. The molecule has 0 aliphatic carbocycles. The summed E-state index contributed by atoms with van der Waals surface area (Å²) < 4.78 is 6.02. The lowest BCUT2D eigenvalue weighted by Crippen LogP contribution is -2.47. The van der Waals surface area contributed by atoms with Gasteiger partial charge in [0.15, 0.2) is 0 Å². The summed E-state index contributed by atoms with van der Waals surface area (Å²) in [6.45, 7) is 7.22. The quantitative estimate of drug-likeness (QED) is 0.846. The van der Waals surface area contributed by atoms with Crippen LogP contribution in [0.3, 0.4) is 0 Å². The Morgan fingerprint density at radius 3 is 2.69 bits per heavy atom. The molecule has 2 fully saturated rings. The molecule has 1 aromatic rings. The van der Waals surface area contributed by atoms with Crippen molar-refractivity contribution in [1.29, 1.82) is 0 Å². The zero-order valence-corrected chi connectivity index (χ0v) is 15.9. The van der Waals surface area contributed by atoms with Gasteiger partial charge in [0.1, 0.15) is 5.75 Å². The van der Waals surface area contributed by atoms with Crippen LogP contribution in [0.4, 0.5) is 0 Å². The molecule has 1 amide bonds. The largest absolute Gasteiger partial charge is 0.493 e. The van der Waals surface area contributed by atoms with E-state index in [9.17, 15) is 4.79 Å². The number of nitrogens with zero attached hydrogens (tertiary/aromatic N) is 2. The van der Waals surface area contributed by atoms with E-state index in [1.54, 1.807) is 0 Å². The van der Waals surface area contributed by atoms with Crippen molar-refractivity contribution in [3.8, 4) is 5.75 Å². The molecule has 1 unspecified atom stereocenters. The summed E-state index contributed by atoms with van der Waals surface area (Å²) in [6, 6.07) is 8.10. The van der Waals surface area contributed by atoms with Crippen LogP contribution in [0.1, 0.15) is 31.2 Å². The fourth-order valence-electron chi connectivity index (χ4n) is 4.13. The Morgan fingerprint density at radius 2 is 1.96 bits per heavy atom. The molecule has 2 aliphatic heterocycles. The smallest absolute Gasteiger partial charge is 0.225 e. The number of aliphatic hydroxyl groups excluding tert-OH is 1. The topological polar surface area (TPSA) is 53.0 Å². The predicted octanol–water partition coefficient (Wildman–Crippen LogP) is 2.32. The second-order valence-electron chi connectivity index (χ2n) is 7.71. The van der Waals surface area contributed by atoms with Gasteiger partial charge in [-0.1, -0.05) is 18.2 Å². The van der Waals surface area contributed by atoms with Crippen LogP contribution >= 0.6 is 0 Å². The number of rotatable bonds is 6. The fraction of sp³-hybridized carbons (Fsp3) is 0.667. The van der Waals surface area contributed by atoms with E-state index in [0.717, 1.165) is 69.7 Å². The molecule has 5 heteroatoms. The van der Waals surface area contributed by atoms with E-state index in [1.165, 1.54) is 0 Å². The van der Waals surface area contributed by atoms with E-state index in [4.69, 9.17) is 9.84 Å². The van der Waals surface area contributed by atoms with Crippen molar-refractivity contribution < 1.29 is 14.6 Å². The third kappa shape index (κ3) is 4.98. The van der Waals surface area contributed by atoms with Crippen molar-refractivity contribution in [1.82, 2.24) is 9.80 Å². The number of carbonyl (C=O) groups excluding carboxylic acids is 1. The molecular weight excluding hydrogens is 328 g/mol. The number of amides is 1. The van der Waals surface area contributed by atoms with Crippen molar-refractivity contribution in [2.45, 2.75) is 32.6 Å². The van der Waals surface area contributed by atoms with Crippen LogP contribution in [-0.2, 0) is 4.79 Å². The molecule has 26 heavy (non-hydrogen) atoms. The molecule has 1 aromatic carbocycles. The maximum atomic E-state index is 12.9. The summed E-state index contributed by atoms with van der Waals surface area (Å²) in [5.74, 6) is 1.85. The van der Waals surface area contributed by atoms with Crippen molar-refractivity contribution in [2.75, 3.05) is 45.9 Å². The fourth-order valence-corrected chi connectivity index (χ4v) is 4.13. The van der Waals surface area contributed by atoms with E-state index >= 15 is 0 Å². The molecule has 0 radical (unpaired) electrons. The van der Waals surface area contributed by atoms with E-state index in [1.807, 2.05) is 18.2 Å². The summed E-state index contributed by atoms with van der Waals surface area (Å²) in [5, 5.41) is 9.05. The summed E-state index contributed by atoms with van der Waals surface area (Å²) >= 11 is 0. The van der Waals surface area contributed by atoms with Crippen LogP contribution in [0.15, 0.2) is 24.3 Å². The van der Waals surface area contributed by atoms with E-state index < -0.39 is 0 Å². The SMILES string of the molecule is Cc1ccccc1OCC1CCCN(C(=O)C2CCN(CCO)CC2)C1. The zero-order chi connectivity index (χ0) is 18.4. The molecule has 2 aliphatic rings. The lowest BCUT2D eigenvalue weighted by molar-refractivity contribution is -0.139. The number of hydrogen-bond acceptors (Lipinski definition) is 4. The number of aliphatic hydroxyl groups is 1. The predicted molar refractivity (Wildman–Crippen MR) is 102 cm³/mol. The first kappa shape index (κ1) is 19.2. The number of benzene rings is 1. The Balaban J connectivity index is 1.47. The molecule has 0 bridgehead atoms. The number of carbonyl (C=O) groups is 1. The maximum absolute atomic E-state index is 12.9. The molecule has 1 N–H and O–H groups in total. The molecule has 2 saturated heterocycles. The van der Waals surface area contributed by atoms with Crippen molar-refractivity contribution >= 4 is 5.91 Å². The highest BCUT2D eigenvalue weighted by Gasteiger charge is 2.31. The highest BCUT2D eigenvalue weighted by Crippen LogP contribution is 2.25. The second kappa shape index (κ2) is 9.38. The lowest BCUT2D eigenvalue weighted by Gasteiger charge is -2.37. The maximum Gasteiger partial charge on any atom is 0.225 e. The van der Waals surface area contributed by atoms with E-state index in [0.29, 0.717) is 18.4 Å². The van der Waals surface area contributed by atoms with Crippen molar-refractivity contribution in [2.24, 2.45) is 11.8 Å². The molecule has 0 spiro atoms. The van der Waals surface area contributed by atoms with Crippen LogP contribution in [0, 0.1) is 18.8 Å². The van der Waals surface area contributed by atoms with Gasteiger partial charge in [-0.25, -0.2) is 0 Å². The standard InChI is InChI=1S/C21H32N2O3/c1-17-5-2-3-7-20(17)26-16-18-6-4-10-23(15-18)21(25)19-8-11-22(12-9-19)13-14-24/h2-3,5,7,18-19,24H,4,6,8-16H2,1H3. The van der Waals surface area contributed by atoms with Gasteiger partial charge in [0.2, 0.25) is 5.91 Å². The Kier molecular flexibility index (Phi) is 6.92. The van der Waals surface area contributed by atoms with Gasteiger partial charge in [0.05, 0.1) is 13.2 Å². The van der Waals surface area contributed by atoms with Gasteiger partial charge >= 0.3 is 0 Å². The monoisotopic (exact) mass is 360 g/mol. The van der Waals surface area contributed by atoms with Gasteiger partial charge in [0, 0.05) is 31.5 Å². The number of hydrogen-bond donors (Lipinski definition) is 1. The number of para-hydroxylation sites is 1. The van der Waals surface area contributed by atoms with Gasteiger partial charge < -0.3 is 19.6 Å². The Bertz CT molecular complexity index is 584. The lowest BCUT2D eigenvalue weighted by atomic mass is 9.92. The van der Waals surface area contributed by atoms with Crippen molar-refractivity contribution in [3.63, 3.8) is 0 Å². The highest BCUT2D eigenvalue weighted by molar-refractivity contribution is 5.79. The molecule has 144 valence electrons. The molecule has 3 rings (SSSR count). The Labute approximate surface area is 156 Å². The van der Waals surface area contributed by atoms with Crippen LogP contribution in [0.2, 0.25) is 0 Å². The summed E-state index contributed by atoms with van der Waals surface area (Å²) in [6.07, 6.45) is 4.03. The number of piperidine rings is 2. The average molecular weight is 360 g/mol. The Morgan fingerprint density at radius 1 is 1.19 bits per heavy atom. The molecule has 1 atom stereocenters. The molecule has 5 nitrogen and oxygen atoms in total.